The molecule has 1 N–H and O–H groups in total. The lowest BCUT2D eigenvalue weighted by molar-refractivity contribution is 0.356. The Kier molecular flexibility index (Phi) is 3.91. The van der Waals surface area contributed by atoms with E-state index in [1.807, 2.05) is 31.6 Å². The van der Waals surface area contributed by atoms with E-state index in [1.165, 1.54) is 0 Å². The largest absolute Gasteiger partial charge is 0.493 e. The number of aromatic nitrogens is 4. The minimum atomic E-state index is 0.469. The van der Waals surface area contributed by atoms with Crippen LogP contribution in [0.5, 0.6) is 11.5 Å². The smallest absolute Gasteiger partial charge is 0.162 e. The van der Waals surface area contributed by atoms with Crippen molar-refractivity contribution in [2.24, 2.45) is 7.05 Å². The third-order valence-electron chi connectivity index (χ3n) is 4.38. The average Bonchev–Trinajstić information content (AvgIpc) is 3.40. The van der Waals surface area contributed by atoms with Crippen molar-refractivity contribution in [3.63, 3.8) is 0 Å². The van der Waals surface area contributed by atoms with Gasteiger partial charge in [-0.05, 0) is 18.9 Å². The number of hydrogen-bond donors (Lipinski definition) is 1. The highest BCUT2D eigenvalue weighted by atomic mass is 16.5. The third-order valence-corrected chi connectivity index (χ3v) is 4.38. The molecule has 1 saturated carbocycles. The van der Waals surface area contributed by atoms with Crippen molar-refractivity contribution in [2.45, 2.75) is 25.3 Å². The fraction of sp³-hybridized carbons (Fsp3) is 0.389. The predicted molar refractivity (Wildman–Crippen MR) is 95.2 cm³/mol. The normalized spacial score (nSPS) is 13.9. The Morgan fingerprint density at radius 2 is 1.92 bits per heavy atom. The molecule has 1 fully saturated rings. The summed E-state index contributed by atoms with van der Waals surface area (Å²) in [6.45, 7) is 0.651. The molecular weight excluding hydrogens is 318 g/mol. The van der Waals surface area contributed by atoms with Crippen LogP contribution in [0.4, 0.5) is 5.82 Å². The summed E-state index contributed by atoms with van der Waals surface area (Å²) >= 11 is 0. The number of nitrogens with zero attached hydrogens (tertiary/aromatic N) is 4. The van der Waals surface area contributed by atoms with Crippen LogP contribution in [-0.4, -0.2) is 34.0 Å². The number of methoxy groups -OCH3 is 2. The summed E-state index contributed by atoms with van der Waals surface area (Å²) in [6, 6.07) is 3.84. The molecule has 2 heterocycles. The molecule has 25 heavy (non-hydrogen) atoms. The average molecular weight is 339 g/mol. The maximum atomic E-state index is 5.43. The third kappa shape index (κ3) is 3.09. The molecule has 0 saturated heterocycles. The van der Waals surface area contributed by atoms with E-state index in [4.69, 9.17) is 19.4 Å². The molecule has 1 aliphatic carbocycles. The van der Waals surface area contributed by atoms with E-state index in [2.05, 4.69) is 10.4 Å². The van der Waals surface area contributed by atoms with Gasteiger partial charge in [-0.3, -0.25) is 4.68 Å². The van der Waals surface area contributed by atoms with Crippen molar-refractivity contribution in [3.8, 4) is 11.5 Å². The van der Waals surface area contributed by atoms with Gasteiger partial charge < -0.3 is 14.8 Å². The Morgan fingerprint density at radius 3 is 2.56 bits per heavy atom. The number of anilines is 1. The number of benzene rings is 1. The Hall–Kier alpha value is -2.83. The molecule has 1 aromatic carbocycles. The molecule has 0 unspecified atom stereocenters. The standard InChI is InChI=1S/C18H21N5O2/c1-23-10-11(9-20-23)8-19-18-13-6-15(24-2)16(25-3)7-14(13)21-17(22-18)12-4-5-12/h6-7,9-10,12H,4-5,8H2,1-3H3,(H,19,21,22). The van der Waals surface area contributed by atoms with E-state index in [0.717, 1.165) is 41.0 Å². The first-order valence-electron chi connectivity index (χ1n) is 8.33. The molecule has 0 amide bonds. The minimum absolute atomic E-state index is 0.469. The lowest BCUT2D eigenvalue weighted by Crippen LogP contribution is -2.05. The first-order valence-corrected chi connectivity index (χ1v) is 8.33. The van der Waals surface area contributed by atoms with Crippen molar-refractivity contribution in [3.05, 3.63) is 35.9 Å². The van der Waals surface area contributed by atoms with E-state index < -0.39 is 0 Å². The van der Waals surface area contributed by atoms with Gasteiger partial charge in [-0.2, -0.15) is 5.10 Å². The summed E-state index contributed by atoms with van der Waals surface area (Å²) in [6.07, 6.45) is 6.14. The summed E-state index contributed by atoms with van der Waals surface area (Å²) in [4.78, 5) is 9.51. The number of nitrogens with one attached hydrogen (secondary N) is 1. The van der Waals surface area contributed by atoms with E-state index in [0.29, 0.717) is 24.0 Å². The molecule has 3 aromatic rings. The first kappa shape index (κ1) is 15.7. The molecule has 0 aliphatic heterocycles. The van der Waals surface area contributed by atoms with Crippen molar-refractivity contribution < 1.29 is 9.47 Å². The second kappa shape index (κ2) is 6.23. The quantitative estimate of drug-likeness (QED) is 0.744. The fourth-order valence-electron chi connectivity index (χ4n) is 2.88. The van der Waals surface area contributed by atoms with E-state index in [1.54, 1.807) is 18.9 Å². The van der Waals surface area contributed by atoms with Crippen LogP contribution < -0.4 is 14.8 Å². The molecule has 130 valence electrons. The number of rotatable bonds is 6. The molecule has 1 aliphatic rings. The predicted octanol–water partition coefficient (Wildman–Crippen LogP) is 2.87. The summed E-state index contributed by atoms with van der Waals surface area (Å²) < 4.78 is 12.6. The molecule has 7 heteroatoms. The minimum Gasteiger partial charge on any atom is -0.493 e. The van der Waals surface area contributed by atoms with Gasteiger partial charge in [-0.1, -0.05) is 0 Å². The lowest BCUT2D eigenvalue weighted by atomic mass is 10.2. The molecule has 4 rings (SSSR count). The second-order valence-corrected chi connectivity index (χ2v) is 6.30. The van der Waals surface area contributed by atoms with Crippen LogP contribution in [0.15, 0.2) is 24.5 Å². The zero-order valence-corrected chi connectivity index (χ0v) is 14.6. The van der Waals surface area contributed by atoms with Crippen molar-refractivity contribution >= 4 is 16.7 Å². The zero-order valence-electron chi connectivity index (χ0n) is 14.6. The second-order valence-electron chi connectivity index (χ2n) is 6.30. The van der Waals surface area contributed by atoms with Gasteiger partial charge in [0.2, 0.25) is 0 Å². The van der Waals surface area contributed by atoms with Crippen molar-refractivity contribution in [1.29, 1.82) is 0 Å². The Morgan fingerprint density at radius 1 is 1.16 bits per heavy atom. The maximum absolute atomic E-state index is 5.43. The maximum Gasteiger partial charge on any atom is 0.162 e. The van der Waals surface area contributed by atoms with Crippen LogP contribution in [-0.2, 0) is 13.6 Å². The van der Waals surface area contributed by atoms with Gasteiger partial charge in [0.15, 0.2) is 11.5 Å². The van der Waals surface area contributed by atoms with Gasteiger partial charge in [-0.15, -0.1) is 0 Å². The zero-order chi connectivity index (χ0) is 17.4. The number of fused-ring (bicyclic) bond motifs is 1. The Labute approximate surface area is 146 Å². The Bertz CT molecular complexity index is 917. The highest BCUT2D eigenvalue weighted by molar-refractivity contribution is 5.92. The Balaban J connectivity index is 1.76. The van der Waals surface area contributed by atoms with Crippen LogP contribution in [0.3, 0.4) is 0 Å². The first-order chi connectivity index (χ1) is 12.2. The van der Waals surface area contributed by atoms with Gasteiger partial charge in [0.25, 0.3) is 0 Å². The van der Waals surface area contributed by atoms with Crippen LogP contribution in [0, 0.1) is 0 Å². The number of hydrogen-bond acceptors (Lipinski definition) is 6. The molecule has 0 radical (unpaired) electrons. The summed E-state index contributed by atoms with van der Waals surface area (Å²) in [5.74, 6) is 3.53. The SMILES string of the molecule is COc1cc2nc(C3CC3)nc(NCc3cnn(C)c3)c2cc1OC. The van der Waals surface area contributed by atoms with Crippen LogP contribution in [0.25, 0.3) is 10.9 Å². The van der Waals surface area contributed by atoms with E-state index >= 15 is 0 Å². The highest BCUT2D eigenvalue weighted by Crippen LogP contribution is 2.41. The van der Waals surface area contributed by atoms with Gasteiger partial charge in [0, 0.05) is 42.7 Å². The topological polar surface area (TPSA) is 74.1 Å². The van der Waals surface area contributed by atoms with E-state index in [-0.39, 0.29) is 0 Å². The molecule has 0 bridgehead atoms. The molecule has 0 spiro atoms. The van der Waals surface area contributed by atoms with Crippen LogP contribution >= 0.6 is 0 Å². The summed E-state index contributed by atoms with van der Waals surface area (Å²) in [7, 11) is 5.17. The van der Waals surface area contributed by atoms with Crippen molar-refractivity contribution in [2.75, 3.05) is 19.5 Å². The molecule has 2 aromatic heterocycles. The number of ether oxygens (including phenoxy) is 2. The molecular formula is C18H21N5O2. The van der Waals surface area contributed by atoms with Crippen LogP contribution in [0.2, 0.25) is 0 Å². The van der Waals surface area contributed by atoms with Crippen molar-refractivity contribution in [1.82, 2.24) is 19.7 Å². The number of aryl methyl sites for hydroxylation is 1. The molecule has 7 nitrogen and oxygen atoms in total. The van der Waals surface area contributed by atoms with E-state index in [9.17, 15) is 0 Å². The van der Waals surface area contributed by atoms with Gasteiger partial charge in [0.1, 0.15) is 11.6 Å². The molecule has 0 atom stereocenters. The van der Waals surface area contributed by atoms with Crippen LogP contribution in [0.1, 0.15) is 30.1 Å². The summed E-state index contributed by atoms with van der Waals surface area (Å²) in [5.41, 5.74) is 1.96. The van der Waals surface area contributed by atoms with Gasteiger partial charge in [0.05, 0.1) is 25.9 Å². The monoisotopic (exact) mass is 339 g/mol. The highest BCUT2D eigenvalue weighted by Gasteiger charge is 2.28. The van der Waals surface area contributed by atoms with Gasteiger partial charge >= 0.3 is 0 Å². The summed E-state index contributed by atoms with van der Waals surface area (Å²) in [5, 5.41) is 8.55. The van der Waals surface area contributed by atoms with Gasteiger partial charge in [-0.25, -0.2) is 9.97 Å². The fourth-order valence-corrected chi connectivity index (χ4v) is 2.88. The lowest BCUT2D eigenvalue weighted by Gasteiger charge is -2.13.